The highest BCUT2D eigenvalue weighted by atomic mass is 33.1. The van der Waals surface area contributed by atoms with Crippen LogP contribution in [0.15, 0.2) is 0 Å². The van der Waals surface area contributed by atoms with Gasteiger partial charge >= 0.3 is 0 Å². The number of carbonyl (C=O) groups is 2. The van der Waals surface area contributed by atoms with Crippen molar-refractivity contribution in [3.8, 4) is 0 Å². The van der Waals surface area contributed by atoms with Crippen molar-refractivity contribution in [1.82, 2.24) is 5.32 Å². The van der Waals surface area contributed by atoms with Gasteiger partial charge in [-0.25, -0.2) is 0 Å². The molecule has 34 heavy (non-hydrogen) atoms. The van der Waals surface area contributed by atoms with Crippen LogP contribution in [0, 0.1) is 5.92 Å². The molecule has 1 amide bonds. The molecule has 0 aliphatic rings. The average molecular weight is 518 g/mol. The first kappa shape index (κ1) is 33.8. The summed E-state index contributed by atoms with van der Waals surface area (Å²) in [4.78, 5) is 22.4. The maximum Gasteiger partial charge on any atom is 0.237 e. The lowest BCUT2D eigenvalue weighted by Crippen LogP contribution is -2.42. The predicted octanol–water partition coefficient (Wildman–Crippen LogP) is 6.63. The summed E-state index contributed by atoms with van der Waals surface area (Å²) in [6.45, 7) is 5.35. The summed E-state index contributed by atoms with van der Waals surface area (Å²) in [6, 6.07) is -0.957. The number of amides is 1. The molecular weight excluding hydrogens is 462 g/mol. The number of nitrogens with two attached hydrogens (primary N) is 2. The molecule has 202 valence electrons. The fourth-order valence-corrected chi connectivity index (χ4v) is 6.07. The number of hydrogen-bond acceptors (Lipinski definition) is 6. The van der Waals surface area contributed by atoms with E-state index in [1.165, 1.54) is 124 Å². The summed E-state index contributed by atoms with van der Waals surface area (Å²) in [6.07, 6.45) is 23.8. The lowest BCUT2D eigenvalue weighted by molar-refractivity contribution is -0.121. The molecule has 0 aromatic heterocycles. The zero-order valence-corrected chi connectivity index (χ0v) is 23.9. The van der Waals surface area contributed by atoms with Gasteiger partial charge in [0.2, 0.25) is 5.91 Å². The summed E-state index contributed by atoms with van der Waals surface area (Å²) in [5.41, 5.74) is 11.4. The first-order chi connectivity index (χ1) is 16.5. The number of rotatable bonds is 26. The zero-order valence-electron chi connectivity index (χ0n) is 22.2. The van der Waals surface area contributed by atoms with Crippen LogP contribution in [-0.2, 0) is 9.59 Å². The van der Waals surface area contributed by atoms with Crippen molar-refractivity contribution in [1.29, 1.82) is 0 Å². The highest BCUT2D eigenvalue weighted by Crippen LogP contribution is 2.21. The number of aldehydes is 1. The monoisotopic (exact) mass is 517 g/mol. The Bertz CT molecular complexity index is 467. The highest BCUT2D eigenvalue weighted by molar-refractivity contribution is 8.76. The second kappa shape index (κ2) is 25.8. The van der Waals surface area contributed by atoms with E-state index in [-0.39, 0.29) is 5.91 Å². The molecule has 7 heteroatoms. The Morgan fingerprint density at radius 3 is 1.56 bits per heavy atom. The van der Waals surface area contributed by atoms with Gasteiger partial charge in [0.25, 0.3) is 0 Å². The lowest BCUT2D eigenvalue weighted by atomic mass is 10.0. The zero-order chi connectivity index (χ0) is 25.3. The fraction of sp³-hybridized carbons (Fsp3) is 0.926. The third-order valence-corrected chi connectivity index (χ3v) is 8.61. The smallest absolute Gasteiger partial charge is 0.237 e. The van der Waals surface area contributed by atoms with Gasteiger partial charge in [-0.15, -0.1) is 0 Å². The highest BCUT2D eigenvalue weighted by Gasteiger charge is 2.13. The number of carbonyl (C=O) groups excluding carboxylic acids is 2. The average Bonchev–Trinajstić information content (AvgIpc) is 2.82. The van der Waals surface area contributed by atoms with Crippen molar-refractivity contribution in [3.63, 3.8) is 0 Å². The van der Waals surface area contributed by atoms with E-state index in [4.69, 9.17) is 11.5 Å². The van der Waals surface area contributed by atoms with Crippen LogP contribution in [-0.4, -0.2) is 42.3 Å². The van der Waals surface area contributed by atoms with E-state index < -0.39 is 12.1 Å². The van der Waals surface area contributed by atoms with Gasteiger partial charge in [-0.2, -0.15) is 0 Å². The molecule has 2 atom stereocenters. The van der Waals surface area contributed by atoms with Crippen molar-refractivity contribution in [3.05, 3.63) is 0 Å². The molecule has 0 bridgehead atoms. The van der Waals surface area contributed by atoms with Crippen LogP contribution in [0.1, 0.15) is 123 Å². The van der Waals surface area contributed by atoms with Crippen LogP contribution >= 0.6 is 21.6 Å². The number of nitrogens with one attached hydrogen (secondary N) is 1. The van der Waals surface area contributed by atoms with E-state index >= 15 is 0 Å². The maximum absolute atomic E-state index is 12.0. The van der Waals surface area contributed by atoms with Gasteiger partial charge < -0.3 is 21.6 Å². The van der Waals surface area contributed by atoms with Crippen LogP contribution in [0.25, 0.3) is 0 Å². The van der Waals surface area contributed by atoms with Gasteiger partial charge in [-0.05, 0) is 12.3 Å². The summed E-state index contributed by atoms with van der Waals surface area (Å²) >= 11 is 0. The number of hydrogen-bond donors (Lipinski definition) is 3. The van der Waals surface area contributed by atoms with Crippen molar-refractivity contribution < 1.29 is 9.59 Å². The molecule has 0 spiro atoms. The second-order valence-corrected chi connectivity index (χ2v) is 12.7. The Balaban J connectivity index is 3.26. The largest absolute Gasteiger partial charge is 0.355 e. The molecular formula is C27H55N3O2S2. The Morgan fingerprint density at radius 1 is 0.706 bits per heavy atom. The summed E-state index contributed by atoms with van der Waals surface area (Å²) < 4.78 is 0. The summed E-state index contributed by atoms with van der Waals surface area (Å²) in [7, 11) is 2.98. The van der Waals surface area contributed by atoms with E-state index in [2.05, 4.69) is 19.2 Å². The molecule has 0 heterocycles. The predicted molar refractivity (Wildman–Crippen MR) is 153 cm³/mol. The summed E-state index contributed by atoms with van der Waals surface area (Å²) in [5.74, 6) is 1.85. The maximum atomic E-state index is 12.0. The van der Waals surface area contributed by atoms with Gasteiger partial charge in [0.1, 0.15) is 6.29 Å². The molecule has 2 unspecified atom stereocenters. The second-order valence-electron chi connectivity index (χ2n) is 10.1. The molecule has 0 saturated carbocycles. The van der Waals surface area contributed by atoms with Crippen molar-refractivity contribution in [2.24, 2.45) is 17.4 Å². The van der Waals surface area contributed by atoms with E-state index in [9.17, 15) is 9.59 Å². The minimum atomic E-state index is -0.510. The van der Waals surface area contributed by atoms with Crippen molar-refractivity contribution in [2.45, 2.75) is 135 Å². The SMILES string of the molecule is CC(C)CCCCCCCCCCCCCCCCCCNC(=O)C(N)CSSCC(N)C=O. The minimum Gasteiger partial charge on any atom is -0.355 e. The van der Waals surface area contributed by atoms with E-state index in [0.717, 1.165) is 18.6 Å². The van der Waals surface area contributed by atoms with Gasteiger partial charge in [-0.3, -0.25) is 4.79 Å². The van der Waals surface area contributed by atoms with Gasteiger partial charge in [0, 0.05) is 18.1 Å². The molecule has 0 rings (SSSR count). The lowest BCUT2D eigenvalue weighted by Gasteiger charge is -2.12. The molecule has 5 nitrogen and oxygen atoms in total. The van der Waals surface area contributed by atoms with E-state index in [1.807, 2.05) is 0 Å². The third kappa shape index (κ3) is 24.9. The van der Waals surface area contributed by atoms with Gasteiger partial charge in [-0.1, -0.05) is 138 Å². The first-order valence-electron chi connectivity index (χ1n) is 14.0. The molecule has 5 N–H and O–H groups in total. The van der Waals surface area contributed by atoms with Crippen LogP contribution in [0.4, 0.5) is 0 Å². The normalized spacial score (nSPS) is 13.2. The topological polar surface area (TPSA) is 98.2 Å². The third-order valence-electron chi connectivity index (χ3n) is 6.11. The molecule has 0 saturated heterocycles. The quantitative estimate of drug-likeness (QED) is 0.0677. The standard InChI is InChI=1S/C27H55N3O2S2/c1-24(2)19-17-15-13-11-9-7-5-3-4-6-8-10-12-14-16-18-20-30-27(32)26(29)23-34-33-22-25(28)21-31/h21,24-26H,3-20,22-23,28-29H2,1-2H3,(H,30,32). The number of unbranched alkanes of at least 4 members (excludes halogenated alkanes) is 15. The Hall–Kier alpha value is -0.240. The fourth-order valence-electron chi connectivity index (χ4n) is 3.86. The van der Waals surface area contributed by atoms with Crippen molar-refractivity contribution in [2.75, 3.05) is 18.1 Å². The molecule has 0 fully saturated rings. The van der Waals surface area contributed by atoms with Gasteiger partial charge in [0.05, 0.1) is 12.1 Å². The summed E-state index contributed by atoms with van der Waals surface area (Å²) in [5, 5.41) is 2.93. The van der Waals surface area contributed by atoms with Crippen LogP contribution in [0.2, 0.25) is 0 Å². The molecule has 0 aromatic carbocycles. The van der Waals surface area contributed by atoms with Crippen LogP contribution in [0.3, 0.4) is 0 Å². The van der Waals surface area contributed by atoms with Crippen LogP contribution < -0.4 is 16.8 Å². The van der Waals surface area contributed by atoms with E-state index in [1.54, 1.807) is 0 Å². The van der Waals surface area contributed by atoms with E-state index in [0.29, 0.717) is 18.1 Å². The Labute approximate surface area is 218 Å². The Morgan fingerprint density at radius 2 is 1.12 bits per heavy atom. The molecule has 0 aromatic rings. The molecule has 0 aliphatic heterocycles. The minimum absolute atomic E-state index is 0.0885. The molecule has 0 aliphatic carbocycles. The first-order valence-corrected chi connectivity index (χ1v) is 16.4. The van der Waals surface area contributed by atoms with Crippen LogP contribution in [0.5, 0.6) is 0 Å². The van der Waals surface area contributed by atoms with Gasteiger partial charge in [0.15, 0.2) is 0 Å². The Kier molecular flexibility index (Phi) is 25.7. The van der Waals surface area contributed by atoms with Crippen molar-refractivity contribution >= 4 is 33.8 Å². The molecule has 0 radical (unpaired) electrons.